The van der Waals surface area contributed by atoms with Gasteiger partial charge in [0.05, 0.1) is 11.7 Å². The molecular weight excluding hydrogens is 457 g/mol. The van der Waals surface area contributed by atoms with Crippen molar-refractivity contribution in [2.24, 2.45) is 0 Å². The van der Waals surface area contributed by atoms with Crippen LogP contribution in [-0.2, 0) is 16.0 Å². The first kappa shape index (κ1) is 25.8. The maximum atomic E-state index is 16.0. The summed E-state index contributed by atoms with van der Waals surface area (Å²) in [7, 11) is 0. The monoisotopic (exact) mass is 491 g/mol. The van der Waals surface area contributed by atoms with Gasteiger partial charge in [0, 0.05) is 17.5 Å². The summed E-state index contributed by atoms with van der Waals surface area (Å²) >= 11 is 0. The van der Waals surface area contributed by atoms with Crippen molar-refractivity contribution in [1.29, 1.82) is 0 Å². The Labute approximate surface area is 211 Å². The van der Waals surface area contributed by atoms with Crippen LogP contribution in [0.3, 0.4) is 0 Å². The first-order chi connectivity index (χ1) is 17.3. The van der Waals surface area contributed by atoms with Gasteiger partial charge in [-0.15, -0.1) is 0 Å². The summed E-state index contributed by atoms with van der Waals surface area (Å²) in [5.74, 6) is -0.142. The molecule has 1 fully saturated rings. The van der Waals surface area contributed by atoms with E-state index in [1.165, 1.54) is 0 Å². The van der Waals surface area contributed by atoms with Gasteiger partial charge >= 0.3 is 0 Å². The van der Waals surface area contributed by atoms with Gasteiger partial charge in [0.25, 0.3) is 0 Å². The molecule has 7 heteroatoms. The van der Waals surface area contributed by atoms with E-state index in [-0.39, 0.29) is 35.9 Å². The zero-order valence-corrected chi connectivity index (χ0v) is 21.4. The Balaban J connectivity index is 1.75. The number of benzene rings is 2. The van der Waals surface area contributed by atoms with E-state index in [1.54, 1.807) is 12.1 Å². The van der Waals surface area contributed by atoms with E-state index in [4.69, 9.17) is 4.52 Å². The quantitative estimate of drug-likeness (QED) is 0.423. The largest absolute Gasteiger partial charge is 0.361 e. The maximum absolute atomic E-state index is 16.0. The van der Waals surface area contributed by atoms with Crippen molar-refractivity contribution in [3.63, 3.8) is 0 Å². The molecule has 36 heavy (non-hydrogen) atoms. The third-order valence-electron chi connectivity index (χ3n) is 6.99. The Morgan fingerprint density at radius 3 is 2.47 bits per heavy atom. The Morgan fingerprint density at radius 2 is 1.86 bits per heavy atom. The number of carbonyl (C=O) groups is 2. The van der Waals surface area contributed by atoms with Gasteiger partial charge < -0.3 is 15.2 Å². The van der Waals surface area contributed by atoms with Gasteiger partial charge in [0.1, 0.15) is 17.6 Å². The Morgan fingerprint density at radius 1 is 1.14 bits per heavy atom. The smallest absolute Gasteiger partial charge is 0.237 e. The zero-order valence-electron chi connectivity index (χ0n) is 21.4. The second-order valence-electron chi connectivity index (χ2n) is 9.81. The summed E-state index contributed by atoms with van der Waals surface area (Å²) in [5.41, 5.74) is 3.70. The van der Waals surface area contributed by atoms with Crippen LogP contribution >= 0.6 is 0 Å². The molecule has 0 aliphatic carbocycles. The maximum Gasteiger partial charge on any atom is 0.237 e. The molecule has 1 aliphatic rings. The number of Topliss-reactive ketones (excluding diaryl/α,β-unsaturated/α-hetero) is 1. The lowest BCUT2D eigenvalue weighted by molar-refractivity contribution is -0.129. The molecule has 2 unspecified atom stereocenters. The van der Waals surface area contributed by atoms with Crippen molar-refractivity contribution in [1.82, 2.24) is 15.8 Å². The molecule has 0 spiro atoms. The zero-order chi connectivity index (χ0) is 25.8. The minimum absolute atomic E-state index is 0.0347. The molecule has 1 aliphatic heterocycles. The minimum Gasteiger partial charge on any atom is -0.361 e. The number of hydrogen-bond acceptors (Lipinski definition) is 5. The molecule has 190 valence electrons. The van der Waals surface area contributed by atoms with E-state index in [9.17, 15) is 9.59 Å². The normalized spacial score (nSPS) is 16.3. The predicted octanol–water partition coefficient (Wildman–Crippen LogP) is 5.33. The van der Waals surface area contributed by atoms with Gasteiger partial charge in [-0.25, -0.2) is 4.39 Å². The predicted molar refractivity (Wildman–Crippen MR) is 137 cm³/mol. The second kappa shape index (κ2) is 11.2. The summed E-state index contributed by atoms with van der Waals surface area (Å²) < 4.78 is 21.2. The van der Waals surface area contributed by atoms with Crippen molar-refractivity contribution in [3.05, 3.63) is 76.4 Å². The van der Waals surface area contributed by atoms with Crippen LogP contribution in [0.1, 0.15) is 73.2 Å². The SMILES string of the molecule is Cc1noc(C)c1CCC(=O)C(NC(=O)C1CCCN1)c1ccc(C(C)C)c(F)c1-c1ccccc1. The molecule has 3 aromatic rings. The van der Waals surface area contributed by atoms with Gasteiger partial charge in [-0.3, -0.25) is 9.59 Å². The van der Waals surface area contributed by atoms with Crippen LogP contribution in [0.2, 0.25) is 0 Å². The van der Waals surface area contributed by atoms with E-state index < -0.39 is 6.04 Å². The standard InChI is InChI=1S/C29H34FN3O3/c1-17(2)21-12-13-23(26(27(21)30)20-9-6-5-7-10-20)28(32-29(35)24-11-8-16-31-24)25(34)15-14-22-18(3)33-36-19(22)4/h5-7,9-10,12-13,17,24,28,31H,8,11,14-16H2,1-4H3,(H,32,35). The van der Waals surface area contributed by atoms with Crippen LogP contribution in [0.4, 0.5) is 4.39 Å². The minimum atomic E-state index is -0.980. The van der Waals surface area contributed by atoms with Crippen LogP contribution in [0, 0.1) is 19.7 Å². The van der Waals surface area contributed by atoms with Crippen molar-refractivity contribution in [3.8, 4) is 11.1 Å². The number of aromatic nitrogens is 1. The fourth-order valence-corrected chi connectivity index (χ4v) is 4.93. The molecule has 4 rings (SSSR count). The molecule has 0 saturated carbocycles. The molecule has 2 atom stereocenters. The van der Waals surface area contributed by atoms with Crippen molar-refractivity contribution in [2.45, 2.75) is 71.4 Å². The molecule has 1 amide bonds. The van der Waals surface area contributed by atoms with Gasteiger partial charge in [0.2, 0.25) is 5.91 Å². The summed E-state index contributed by atoms with van der Waals surface area (Å²) in [6.45, 7) is 8.29. The number of halogens is 1. The third kappa shape index (κ3) is 5.41. The highest BCUT2D eigenvalue weighted by Crippen LogP contribution is 2.36. The lowest BCUT2D eigenvalue weighted by Gasteiger charge is -2.25. The number of nitrogens with one attached hydrogen (secondary N) is 2. The average Bonchev–Trinajstić information content (AvgIpc) is 3.51. The van der Waals surface area contributed by atoms with Crippen LogP contribution in [-0.4, -0.2) is 29.4 Å². The highest BCUT2D eigenvalue weighted by atomic mass is 19.1. The lowest BCUT2D eigenvalue weighted by atomic mass is 9.87. The van der Waals surface area contributed by atoms with Gasteiger partial charge in [-0.05, 0) is 62.3 Å². The van der Waals surface area contributed by atoms with Crippen molar-refractivity contribution >= 4 is 11.7 Å². The topological polar surface area (TPSA) is 84.2 Å². The van der Waals surface area contributed by atoms with E-state index in [1.807, 2.05) is 58.0 Å². The van der Waals surface area contributed by atoms with Gasteiger partial charge in [-0.2, -0.15) is 0 Å². The summed E-state index contributed by atoms with van der Waals surface area (Å²) in [6.07, 6.45) is 2.20. The fraction of sp³-hybridized carbons (Fsp3) is 0.414. The Bertz CT molecular complexity index is 1210. The number of rotatable bonds is 9. The van der Waals surface area contributed by atoms with Crippen LogP contribution < -0.4 is 10.6 Å². The number of carbonyl (C=O) groups excluding carboxylic acids is 2. The molecule has 2 N–H and O–H groups in total. The molecule has 0 bridgehead atoms. The highest BCUT2D eigenvalue weighted by Gasteiger charge is 2.31. The molecular formula is C29H34FN3O3. The van der Waals surface area contributed by atoms with Crippen molar-refractivity contribution in [2.75, 3.05) is 6.54 Å². The Hall–Kier alpha value is -3.32. The number of nitrogens with zero attached hydrogens (tertiary/aromatic N) is 1. The van der Waals surface area contributed by atoms with E-state index in [0.717, 1.165) is 24.2 Å². The molecule has 2 heterocycles. The highest BCUT2D eigenvalue weighted by molar-refractivity contribution is 5.93. The summed E-state index contributed by atoms with van der Waals surface area (Å²) in [6, 6.07) is 11.4. The van der Waals surface area contributed by atoms with Crippen LogP contribution in [0.5, 0.6) is 0 Å². The molecule has 1 saturated heterocycles. The molecule has 0 radical (unpaired) electrons. The number of hydrogen-bond donors (Lipinski definition) is 2. The summed E-state index contributed by atoms with van der Waals surface area (Å²) in [5, 5.41) is 10.1. The second-order valence-corrected chi connectivity index (χ2v) is 9.81. The van der Waals surface area contributed by atoms with Gasteiger partial charge in [-0.1, -0.05) is 61.5 Å². The fourth-order valence-electron chi connectivity index (χ4n) is 4.93. The molecule has 6 nitrogen and oxygen atoms in total. The Kier molecular flexibility index (Phi) is 7.99. The van der Waals surface area contributed by atoms with Crippen LogP contribution in [0.15, 0.2) is 47.0 Å². The van der Waals surface area contributed by atoms with E-state index in [2.05, 4.69) is 15.8 Å². The van der Waals surface area contributed by atoms with E-state index >= 15 is 4.39 Å². The average molecular weight is 492 g/mol. The first-order valence-corrected chi connectivity index (χ1v) is 12.6. The number of ketones is 1. The number of aryl methyl sites for hydroxylation is 2. The summed E-state index contributed by atoms with van der Waals surface area (Å²) in [4.78, 5) is 26.9. The lowest BCUT2D eigenvalue weighted by Crippen LogP contribution is -2.44. The number of amides is 1. The first-order valence-electron chi connectivity index (χ1n) is 12.6. The molecule has 1 aromatic heterocycles. The van der Waals surface area contributed by atoms with Crippen LogP contribution in [0.25, 0.3) is 11.1 Å². The molecule has 2 aromatic carbocycles. The third-order valence-corrected chi connectivity index (χ3v) is 6.99. The van der Waals surface area contributed by atoms with Crippen molar-refractivity contribution < 1.29 is 18.5 Å². The van der Waals surface area contributed by atoms with Gasteiger partial charge in [0.15, 0.2) is 5.78 Å². The van der Waals surface area contributed by atoms with E-state index in [0.29, 0.717) is 40.9 Å².